The second-order valence-electron chi connectivity index (χ2n) is 4.81. The number of nitrogens with one attached hydrogen (secondary N) is 1. The van der Waals surface area contributed by atoms with Gasteiger partial charge in [0.05, 0.1) is 6.10 Å². The molecule has 13 heavy (non-hydrogen) atoms. The van der Waals surface area contributed by atoms with Crippen LogP contribution in [-0.2, 0) is 0 Å². The molecular formula is C11H21NO. The topological polar surface area (TPSA) is 32.3 Å². The lowest BCUT2D eigenvalue weighted by molar-refractivity contribution is 0.108. The molecule has 3 unspecified atom stereocenters. The second-order valence-corrected chi connectivity index (χ2v) is 4.81. The van der Waals surface area contributed by atoms with E-state index in [1.54, 1.807) is 0 Å². The zero-order valence-corrected chi connectivity index (χ0v) is 8.50. The van der Waals surface area contributed by atoms with Gasteiger partial charge in [-0.05, 0) is 51.4 Å². The first-order valence-electron chi connectivity index (χ1n) is 5.70. The van der Waals surface area contributed by atoms with Gasteiger partial charge in [0, 0.05) is 12.1 Å². The van der Waals surface area contributed by atoms with Gasteiger partial charge >= 0.3 is 0 Å². The van der Waals surface area contributed by atoms with Crippen molar-refractivity contribution in [2.24, 2.45) is 5.92 Å². The molecule has 0 aromatic heterocycles. The number of hydrogen-bond donors (Lipinski definition) is 2. The van der Waals surface area contributed by atoms with E-state index in [4.69, 9.17) is 0 Å². The third kappa shape index (κ3) is 2.68. The van der Waals surface area contributed by atoms with Crippen molar-refractivity contribution < 1.29 is 5.11 Å². The van der Waals surface area contributed by atoms with Crippen molar-refractivity contribution in [3.63, 3.8) is 0 Å². The zero-order valence-electron chi connectivity index (χ0n) is 8.50. The first-order valence-corrected chi connectivity index (χ1v) is 5.70. The monoisotopic (exact) mass is 183 g/mol. The molecule has 0 aromatic rings. The maximum atomic E-state index is 9.51. The van der Waals surface area contributed by atoms with Crippen LogP contribution in [0.15, 0.2) is 0 Å². The van der Waals surface area contributed by atoms with E-state index in [0.717, 1.165) is 18.8 Å². The molecule has 0 aliphatic heterocycles. The Hall–Kier alpha value is -0.0800. The molecular weight excluding hydrogens is 162 g/mol. The molecule has 2 heteroatoms. The van der Waals surface area contributed by atoms with E-state index in [1.165, 1.54) is 25.7 Å². The van der Waals surface area contributed by atoms with E-state index in [-0.39, 0.29) is 6.10 Å². The van der Waals surface area contributed by atoms with E-state index < -0.39 is 0 Å². The summed E-state index contributed by atoms with van der Waals surface area (Å²) in [5.41, 5.74) is 0. The van der Waals surface area contributed by atoms with Crippen molar-refractivity contribution >= 4 is 0 Å². The second kappa shape index (κ2) is 3.97. The maximum absolute atomic E-state index is 9.51. The maximum Gasteiger partial charge on any atom is 0.0555 e. The molecule has 2 fully saturated rings. The number of aliphatic hydroxyl groups is 1. The highest BCUT2D eigenvalue weighted by Gasteiger charge is 2.30. The first kappa shape index (κ1) is 9.47. The van der Waals surface area contributed by atoms with Crippen LogP contribution in [0.25, 0.3) is 0 Å². The minimum absolute atomic E-state index is 0.0438. The Morgan fingerprint density at radius 2 is 2.00 bits per heavy atom. The molecule has 0 amide bonds. The van der Waals surface area contributed by atoms with Crippen LogP contribution in [0, 0.1) is 5.92 Å². The largest absolute Gasteiger partial charge is 0.393 e. The Morgan fingerprint density at radius 3 is 2.62 bits per heavy atom. The molecule has 0 aromatic carbocycles. The standard InChI is InChI=1S/C11H21NO/c1-8(9-5-6-9)12-10-3-2-4-11(13)7-10/h8-13H,2-7H2,1H3. The normalized spacial score (nSPS) is 37.4. The fourth-order valence-corrected chi connectivity index (χ4v) is 2.42. The Labute approximate surface area is 80.7 Å². The van der Waals surface area contributed by atoms with Crippen molar-refractivity contribution in [1.29, 1.82) is 0 Å². The van der Waals surface area contributed by atoms with Gasteiger partial charge in [-0.2, -0.15) is 0 Å². The highest BCUT2D eigenvalue weighted by Crippen LogP contribution is 2.33. The molecule has 2 rings (SSSR count). The van der Waals surface area contributed by atoms with Crippen LogP contribution in [-0.4, -0.2) is 23.3 Å². The van der Waals surface area contributed by atoms with Gasteiger partial charge < -0.3 is 10.4 Å². The number of aliphatic hydroxyl groups excluding tert-OH is 1. The summed E-state index contributed by atoms with van der Waals surface area (Å²) in [6, 6.07) is 1.26. The van der Waals surface area contributed by atoms with Crippen molar-refractivity contribution in [3.05, 3.63) is 0 Å². The Balaban J connectivity index is 1.73. The fraction of sp³-hybridized carbons (Fsp3) is 1.00. The van der Waals surface area contributed by atoms with E-state index in [1.807, 2.05) is 0 Å². The molecule has 2 saturated carbocycles. The van der Waals surface area contributed by atoms with Gasteiger partial charge in [0.2, 0.25) is 0 Å². The lowest BCUT2D eigenvalue weighted by atomic mass is 9.92. The molecule has 0 bridgehead atoms. The smallest absolute Gasteiger partial charge is 0.0555 e. The summed E-state index contributed by atoms with van der Waals surface area (Å²) in [7, 11) is 0. The Kier molecular flexibility index (Phi) is 2.89. The van der Waals surface area contributed by atoms with Crippen molar-refractivity contribution in [2.75, 3.05) is 0 Å². The minimum atomic E-state index is -0.0438. The lowest BCUT2D eigenvalue weighted by Crippen LogP contribution is -2.41. The molecule has 0 heterocycles. The van der Waals surface area contributed by atoms with Crippen LogP contribution in [0.1, 0.15) is 45.4 Å². The van der Waals surface area contributed by atoms with Crippen LogP contribution in [0.4, 0.5) is 0 Å². The fourth-order valence-electron chi connectivity index (χ4n) is 2.42. The zero-order chi connectivity index (χ0) is 9.26. The lowest BCUT2D eigenvalue weighted by Gasteiger charge is -2.29. The molecule has 76 valence electrons. The van der Waals surface area contributed by atoms with Crippen LogP contribution < -0.4 is 5.32 Å². The summed E-state index contributed by atoms with van der Waals surface area (Å²) in [5, 5.41) is 13.2. The molecule has 2 nitrogen and oxygen atoms in total. The van der Waals surface area contributed by atoms with Gasteiger partial charge in [-0.25, -0.2) is 0 Å². The predicted molar refractivity (Wildman–Crippen MR) is 53.6 cm³/mol. The first-order chi connectivity index (χ1) is 6.25. The van der Waals surface area contributed by atoms with Gasteiger partial charge in [0.1, 0.15) is 0 Å². The highest BCUT2D eigenvalue weighted by molar-refractivity contribution is 4.87. The summed E-state index contributed by atoms with van der Waals surface area (Å²) < 4.78 is 0. The molecule has 0 radical (unpaired) electrons. The van der Waals surface area contributed by atoms with Crippen LogP contribution in [0.3, 0.4) is 0 Å². The summed E-state index contributed by atoms with van der Waals surface area (Å²) in [6.07, 6.45) is 7.20. The minimum Gasteiger partial charge on any atom is -0.393 e. The Bertz CT molecular complexity index is 167. The van der Waals surface area contributed by atoms with E-state index >= 15 is 0 Å². The number of rotatable bonds is 3. The van der Waals surface area contributed by atoms with Crippen molar-refractivity contribution in [2.45, 2.75) is 63.6 Å². The van der Waals surface area contributed by atoms with Gasteiger partial charge in [0.15, 0.2) is 0 Å². The van der Waals surface area contributed by atoms with Gasteiger partial charge in [-0.15, -0.1) is 0 Å². The highest BCUT2D eigenvalue weighted by atomic mass is 16.3. The van der Waals surface area contributed by atoms with E-state index in [9.17, 15) is 5.11 Å². The van der Waals surface area contributed by atoms with Crippen molar-refractivity contribution in [3.8, 4) is 0 Å². The summed E-state index contributed by atoms with van der Waals surface area (Å²) in [6.45, 7) is 2.29. The summed E-state index contributed by atoms with van der Waals surface area (Å²) in [5.74, 6) is 0.930. The van der Waals surface area contributed by atoms with Gasteiger partial charge in [-0.3, -0.25) is 0 Å². The predicted octanol–water partition coefficient (Wildman–Crippen LogP) is 1.68. The molecule has 2 aliphatic carbocycles. The average Bonchev–Trinajstić information content (AvgIpc) is 2.85. The quantitative estimate of drug-likeness (QED) is 0.697. The number of hydrogen-bond acceptors (Lipinski definition) is 2. The van der Waals surface area contributed by atoms with Crippen LogP contribution in [0.2, 0.25) is 0 Å². The van der Waals surface area contributed by atoms with Crippen molar-refractivity contribution in [1.82, 2.24) is 5.32 Å². The van der Waals surface area contributed by atoms with E-state index in [0.29, 0.717) is 12.1 Å². The van der Waals surface area contributed by atoms with E-state index in [2.05, 4.69) is 12.2 Å². The SMILES string of the molecule is CC(NC1CCCC(O)C1)C1CC1. The molecule has 2 N–H and O–H groups in total. The molecule has 0 spiro atoms. The molecule has 0 saturated heterocycles. The molecule has 2 aliphatic rings. The summed E-state index contributed by atoms with van der Waals surface area (Å²) in [4.78, 5) is 0. The van der Waals surface area contributed by atoms with Crippen LogP contribution >= 0.6 is 0 Å². The van der Waals surface area contributed by atoms with Crippen LogP contribution in [0.5, 0.6) is 0 Å². The van der Waals surface area contributed by atoms with Gasteiger partial charge in [-0.1, -0.05) is 0 Å². The third-order valence-electron chi connectivity index (χ3n) is 3.47. The van der Waals surface area contributed by atoms with Gasteiger partial charge in [0.25, 0.3) is 0 Å². The third-order valence-corrected chi connectivity index (χ3v) is 3.47. The average molecular weight is 183 g/mol. The molecule has 3 atom stereocenters. The Morgan fingerprint density at radius 1 is 1.23 bits per heavy atom. The summed E-state index contributed by atoms with van der Waals surface area (Å²) >= 11 is 0.